The third-order valence-corrected chi connectivity index (χ3v) is 2.46. The number of carbonyl (C=O) groups excluding carboxylic acids is 1. The van der Waals surface area contributed by atoms with E-state index < -0.39 is 5.97 Å². The van der Waals surface area contributed by atoms with Gasteiger partial charge in [-0.2, -0.15) is 0 Å². The fourth-order valence-electron chi connectivity index (χ4n) is 1.44. The van der Waals surface area contributed by atoms with Gasteiger partial charge in [0.1, 0.15) is 0 Å². The van der Waals surface area contributed by atoms with Gasteiger partial charge in [-0.25, -0.2) is 10.3 Å². The number of hydroxylamine groups is 1. The number of phenolic OH excluding ortho intramolecular Hbond substituents is 2. The molecular formula is C16H23NO5. The Bertz CT molecular complexity index is 520. The van der Waals surface area contributed by atoms with Gasteiger partial charge in [-0.05, 0) is 51.0 Å². The van der Waals surface area contributed by atoms with Crippen LogP contribution < -0.4 is 5.48 Å². The summed E-state index contributed by atoms with van der Waals surface area (Å²) in [5.74, 6) is -0.908. The standard InChI is InChI=1S/C16H23NO5/c1-16(2,3)22-17-9-4-10-21-15(20)8-6-12-5-7-13(18)14(19)11-12/h5-8,11,17-19H,4,9-10H2,1-3H3. The van der Waals surface area contributed by atoms with Crippen LogP contribution in [0.5, 0.6) is 11.5 Å². The second kappa shape index (κ2) is 8.41. The molecule has 0 bridgehead atoms. The minimum atomic E-state index is -0.468. The van der Waals surface area contributed by atoms with Gasteiger partial charge in [0.2, 0.25) is 0 Å². The normalized spacial score (nSPS) is 11.8. The average molecular weight is 309 g/mol. The van der Waals surface area contributed by atoms with Crippen LogP contribution in [0.3, 0.4) is 0 Å². The molecule has 0 saturated heterocycles. The highest BCUT2D eigenvalue weighted by Gasteiger charge is 2.09. The van der Waals surface area contributed by atoms with E-state index >= 15 is 0 Å². The molecule has 0 aromatic heterocycles. The zero-order chi connectivity index (χ0) is 16.6. The zero-order valence-electron chi connectivity index (χ0n) is 13.1. The highest BCUT2D eigenvalue weighted by molar-refractivity contribution is 5.87. The molecule has 1 aromatic rings. The Labute approximate surface area is 130 Å². The largest absolute Gasteiger partial charge is 0.504 e. The number of ether oxygens (including phenoxy) is 1. The van der Waals surface area contributed by atoms with E-state index in [1.807, 2.05) is 20.8 Å². The Morgan fingerprint density at radius 3 is 2.64 bits per heavy atom. The number of carbonyl (C=O) groups is 1. The molecule has 22 heavy (non-hydrogen) atoms. The summed E-state index contributed by atoms with van der Waals surface area (Å²) in [6.07, 6.45) is 3.41. The molecule has 0 radical (unpaired) electrons. The van der Waals surface area contributed by atoms with E-state index in [-0.39, 0.29) is 23.7 Å². The summed E-state index contributed by atoms with van der Waals surface area (Å²) in [6, 6.07) is 4.28. The van der Waals surface area contributed by atoms with Crippen LogP contribution >= 0.6 is 0 Å². The van der Waals surface area contributed by atoms with Crippen molar-refractivity contribution in [2.75, 3.05) is 13.2 Å². The predicted molar refractivity (Wildman–Crippen MR) is 83.2 cm³/mol. The van der Waals surface area contributed by atoms with E-state index in [4.69, 9.17) is 9.57 Å². The lowest BCUT2D eigenvalue weighted by atomic mass is 10.2. The van der Waals surface area contributed by atoms with E-state index in [9.17, 15) is 15.0 Å². The van der Waals surface area contributed by atoms with Gasteiger partial charge in [0, 0.05) is 12.6 Å². The first-order valence-corrected chi connectivity index (χ1v) is 7.05. The molecule has 0 aliphatic heterocycles. The van der Waals surface area contributed by atoms with Crippen molar-refractivity contribution in [2.45, 2.75) is 32.8 Å². The Morgan fingerprint density at radius 1 is 1.27 bits per heavy atom. The number of hydrogen-bond donors (Lipinski definition) is 3. The van der Waals surface area contributed by atoms with Crippen LogP contribution in [0.2, 0.25) is 0 Å². The maximum atomic E-state index is 11.5. The summed E-state index contributed by atoms with van der Waals surface area (Å²) in [5.41, 5.74) is 3.14. The topological polar surface area (TPSA) is 88.0 Å². The second-order valence-electron chi connectivity index (χ2n) is 5.71. The summed E-state index contributed by atoms with van der Waals surface area (Å²) in [6.45, 7) is 6.68. The zero-order valence-corrected chi connectivity index (χ0v) is 13.1. The third-order valence-electron chi connectivity index (χ3n) is 2.46. The average Bonchev–Trinajstić information content (AvgIpc) is 2.43. The molecule has 0 saturated carbocycles. The molecule has 6 heteroatoms. The number of benzene rings is 1. The number of esters is 1. The SMILES string of the molecule is CC(C)(C)ONCCCOC(=O)C=Cc1ccc(O)c(O)c1. The highest BCUT2D eigenvalue weighted by atomic mass is 16.7. The van der Waals surface area contributed by atoms with E-state index in [2.05, 4.69) is 5.48 Å². The summed E-state index contributed by atoms with van der Waals surface area (Å²) >= 11 is 0. The van der Waals surface area contributed by atoms with Crippen molar-refractivity contribution in [3.63, 3.8) is 0 Å². The van der Waals surface area contributed by atoms with Crippen LogP contribution in [0.4, 0.5) is 0 Å². The molecule has 0 fully saturated rings. The van der Waals surface area contributed by atoms with E-state index in [1.54, 1.807) is 6.07 Å². The van der Waals surface area contributed by atoms with Crippen molar-refractivity contribution in [3.05, 3.63) is 29.8 Å². The molecule has 3 N–H and O–H groups in total. The highest BCUT2D eigenvalue weighted by Crippen LogP contribution is 2.25. The van der Waals surface area contributed by atoms with Gasteiger partial charge in [0.15, 0.2) is 11.5 Å². The van der Waals surface area contributed by atoms with Crippen molar-refractivity contribution < 1.29 is 24.6 Å². The molecule has 0 aliphatic carbocycles. The van der Waals surface area contributed by atoms with Crippen molar-refractivity contribution in [1.82, 2.24) is 5.48 Å². The van der Waals surface area contributed by atoms with Gasteiger partial charge >= 0.3 is 5.97 Å². The monoisotopic (exact) mass is 309 g/mol. The molecule has 0 unspecified atom stereocenters. The first kappa shape index (κ1) is 18.0. The van der Waals surface area contributed by atoms with Gasteiger partial charge in [-0.3, -0.25) is 4.84 Å². The summed E-state index contributed by atoms with van der Waals surface area (Å²) in [5, 5.41) is 18.5. The number of phenols is 2. The van der Waals surface area contributed by atoms with E-state index in [0.29, 0.717) is 18.5 Å². The molecule has 0 amide bonds. The predicted octanol–water partition coefficient (Wildman–Crippen LogP) is 2.36. The molecule has 0 heterocycles. The van der Waals surface area contributed by atoms with E-state index in [1.165, 1.54) is 24.3 Å². The molecule has 0 aliphatic rings. The molecule has 1 rings (SSSR count). The van der Waals surface area contributed by atoms with Crippen LogP contribution in [0, 0.1) is 0 Å². The number of aromatic hydroxyl groups is 2. The molecule has 1 aromatic carbocycles. The molecule has 122 valence electrons. The van der Waals surface area contributed by atoms with Gasteiger partial charge in [0.25, 0.3) is 0 Å². The Balaban J connectivity index is 2.23. The second-order valence-corrected chi connectivity index (χ2v) is 5.71. The fraction of sp³-hybridized carbons (Fsp3) is 0.438. The molecular weight excluding hydrogens is 286 g/mol. The Kier molecular flexibility index (Phi) is 6.88. The molecule has 0 spiro atoms. The third kappa shape index (κ3) is 7.66. The Morgan fingerprint density at radius 2 is 2.00 bits per heavy atom. The Hall–Kier alpha value is -2.05. The summed E-state index contributed by atoms with van der Waals surface area (Å²) in [7, 11) is 0. The first-order valence-electron chi connectivity index (χ1n) is 7.05. The van der Waals surface area contributed by atoms with Crippen LogP contribution in [0.25, 0.3) is 6.08 Å². The van der Waals surface area contributed by atoms with Gasteiger partial charge in [-0.1, -0.05) is 6.07 Å². The molecule has 6 nitrogen and oxygen atoms in total. The minimum absolute atomic E-state index is 0.204. The maximum Gasteiger partial charge on any atom is 0.330 e. The smallest absolute Gasteiger partial charge is 0.330 e. The van der Waals surface area contributed by atoms with Crippen LogP contribution in [0.15, 0.2) is 24.3 Å². The quantitative estimate of drug-likeness (QED) is 0.236. The first-order chi connectivity index (χ1) is 10.3. The molecule has 0 atom stereocenters. The number of rotatable bonds is 7. The summed E-state index contributed by atoms with van der Waals surface area (Å²) < 4.78 is 5.02. The van der Waals surface area contributed by atoms with Crippen molar-refractivity contribution in [1.29, 1.82) is 0 Å². The number of nitrogens with one attached hydrogen (secondary N) is 1. The van der Waals surface area contributed by atoms with Crippen molar-refractivity contribution in [2.24, 2.45) is 0 Å². The van der Waals surface area contributed by atoms with Gasteiger partial charge in [0.05, 0.1) is 12.2 Å². The minimum Gasteiger partial charge on any atom is -0.504 e. The fourth-order valence-corrected chi connectivity index (χ4v) is 1.44. The van der Waals surface area contributed by atoms with Crippen LogP contribution in [-0.2, 0) is 14.4 Å². The lowest BCUT2D eigenvalue weighted by Gasteiger charge is -2.19. The van der Waals surface area contributed by atoms with Crippen LogP contribution in [-0.4, -0.2) is 34.9 Å². The van der Waals surface area contributed by atoms with E-state index in [0.717, 1.165) is 0 Å². The lowest BCUT2D eigenvalue weighted by Crippen LogP contribution is -2.30. The summed E-state index contributed by atoms with van der Waals surface area (Å²) in [4.78, 5) is 16.8. The van der Waals surface area contributed by atoms with Crippen LogP contribution in [0.1, 0.15) is 32.8 Å². The number of hydrogen-bond acceptors (Lipinski definition) is 6. The van der Waals surface area contributed by atoms with Gasteiger partial charge in [-0.15, -0.1) is 0 Å². The lowest BCUT2D eigenvalue weighted by molar-refractivity contribution is -0.138. The van der Waals surface area contributed by atoms with Crippen molar-refractivity contribution >= 4 is 12.0 Å². The van der Waals surface area contributed by atoms with Crippen molar-refractivity contribution in [3.8, 4) is 11.5 Å². The van der Waals surface area contributed by atoms with Gasteiger partial charge < -0.3 is 14.9 Å². The maximum absolute atomic E-state index is 11.5.